The molecule has 1 aliphatic rings. The van der Waals surface area contributed by atoms with Gasteiger partial charge in [0.05, 0.1) is 16.3 Å². The first-order chi connectivity index (χ1) is 18.7. The molecule has 1 aromatic carbocycles. The van der Waals surface area contributed by atoms with E-state index in [2.05, 4.69) is 20.2 Å². The Bertz CT molecular complexity index is 1700. The zero-order valence-electron chi connectivity index (χ0n) is 20.5. The molecule has 39 heavy (non-hydrogen) atoms. The third-order valence-electron chi connectivity index (χ3n) is 6.01. The zero-order chi connectivity index (χ0) is 27.7. The number of anilines is 1. The fraction of sp³-hybridized carbons (Fsp3) is 0.240. The van der Waals surface area contributed by atoms with E-state index in [-0.39, 0.29) is 38.2 Å². The summed E-state index contributed by atoms with van der Waals surface area (Å²) in [6, 6.07) is 8.63. The Labute approximate surface area is 233 Å². The summed E-state index contributed by atoms with van der Waals surface area (Å²) in [6.07, 6.45) is 5.14. The van der Waals surface area contributed by atoms with Gasteiger partial charge in [-0.05, 0) is 55.2 Å². The van der Waals surface area contributed by atoms with E-state index < -0.39 is 15.7 Å². The summed E-state index contributed by atoms with van der Waals surface area (Å²) < 4.78 is 36.0. The summed E-state index contributed by atoms with van der Waals surface area (Å²) >= 11 is 7.02. The molecule has 1 amide bonds. The number of amides is 1. The van der Waals surface area contributed by atoms with Crippen molar-refractivity contribution in [2.24, 2.45) is 0 Å². The standard InChI is InChI=1S/C25H21ClN6O5S2/c1-15(33)29-19-13-16(10-11-32(19)34)22-21(27-2)24(39(35,36)18-8-6-17(26)7-9-18)23(38-22)25-28-14-31(30-25)20-5-3-4-12-37-20/h6-11,13-14,20,34H,3-5,12H2,1H3/p+1. The van der Waals surface area contributed by atoms with Crippen molar-refractivity contribution < 1.29 is 27.9 Å². The number of thiophene rings is 1. The molecule has 5 rings (SSSR count). The zero-order valence-corrected chi connectivity index (χ0v) is 22.9. The van der Waals surface area contributed by atoms with E-state index in [0.29, 0.717) is 22.1 Å². The van der Waals surface area contributed by atoms with Gasteiger partial charge in [-0.2, -0.15) is 0 Å². The van der Waals surface area contributed by atoms with Crippen LogP contribution in [-0.4, -0.2) is 40.9 Å². The van der Waals surface area contributed by atoms with Crippen molar-refractivity contribution in [1.29, 1.82) is 0 Å². The van der Waals surface area contributed by atoms with Crippen LogP contribution < -0.4 is 10.0 Å². The summed E-state index contributed by atoms with van der Waals surface area (Å²) in [6.45, 7) is 9.84. The molecule has 1 saturated heterocycles. The third-order valence-corrected chi connectivity index (χ3v) is 9.44. The van der Waals surface area contributed by atoms with Crippen LogP contribution >= 0.6 is 22.9 Å². The van der Waals surface area contributed by atoms with Crippen LogP contribution in [0.1, 0.15) is 32.4 Å². The Morgan fingerprint density at radius 1 is 1.28 bits per heavy atom. The minimum Gasteiger partial charge on any atom is -0.356 e. The number of ether oxygens (including phenoxy) is 1. The molecule has 2 N–H and O–H groups in total. The second kappa shape index (κ2) is 10.7. The predicted molar refractivity (Wildman–Crippen MR) is 142 cm³/mol. The van der Waals surface area contributed by atoms with E-state index in [1.165, 1.54) is 55.8 Å². The molecule has 0 aliphatic carbocycles. The Morgan fingerprint density at radius 3 is 2.72 bits per heavy atom. The molecule has 1 fully saturated rings. The van der Waals surface area contributed by atoms with Gasteiger partial charge in [0.25, 0.3) is 0 Å². The molecular formula is C25H22ClN6O5S2+. The number of nitrogens with zero attached hydrogens (tertiary/aromatic N) is 5. The Morgan fingerprint density at radius 2 is 2.05 bits per heavy atom. The summed E-state index contributed by atoms with van der Waals surface area (Å²) in [4.78, 5) is 19.9. The first kappa shape index (κ1) is 26.8. The Hall–Kier alpha value is -3.83. The largest absolute Gasteiger partial charge is 0.356 e. The van der Waals surface area contributed by atoms with E-state index in [1.807, 2.05) is 0 Å². The molecule has 0 spiro atoms. The van der Waals surface area contributed by atoms with E-state index >= 15 is 0 Å². The lowest BCUT2D eigenvalue weighted by molar-refractivity contribution is -0.893. The quantitative estimate of drug-likeness (QED) is 0.187. The van der Waals surface area contributed by atoms with Gasteiger partial charge >= 0.3 is 11.7 Å². The number of pyridine rings is 1. The molecule has 1 aliphatic heterocycles. The molecule has 4 aromatic rings. The first-order valence-corrected chi connectivity index (χ1v) is 14.5. The third kappa shape index (κ3) is 5.24. The summed E-state index contributed by atoms with van der Waals surface area (Å²) in [5.74, 6) is -0.240. The highest BCUT2D eigenvalue weighted by atomic mass is 35.5. The van der Waals surface area contributed by atoms with Crippen LogP contribution in [0.2, 0.25) is 5.02 Å². The van der Waals surface area contributed by atoms with Crippen molar-refractivity contribution in [3.05, 3.63) is 65.4 Å². The fourth-order valence-corrected chi connectivity index (χ4v) is 7.37. The highest BCUT2D eigenvalue weighted by Crippen LogP contribution is 2.50. The van der Waals surface area contributed by atoms with Gasteiger partial charge in [-0.25, -0.2) is 33.0 Å². The molecule has 1 atom stereocenters. The lowest BCUT2D eigenvalue weighted by Gasteiger charge is -2.21. The minimum absolute atomic E-state index is 0.0438. The average Bonchev–Trinajstić information content (AvgIpc) is 3.56. The highest BCUT2D eigenvalue weighted by Gasteiger charge is 2.34. The van der Waals surface area contributed by atoms with Crippen LogP contribution in [0, 0.1) is 6.57 Å². The molecule has 11 nitrogen and oxygen atoms in total. The lowest BCUT2D eigenvalue weighted by atomic mass is 10.2. The number of carbonyl (C=O) groups excluding carboxylic acids is 1. The van der Waals surface area contributed by atoms with Gasteiger partial charge in [0.1, 0.15) is 17.4 Å². The van der Waals surface area contributed by atoms with E-state index in [1.54, 1.807) is 4.68 Å². The maximum atomic E-state index is 14.0. The van der Waals surface area contributed by atoms with Gasteiger partial charge in [0.2, 0.25) is 5.69 Å². The Balaban J connectivity index is 1.72. The number of benzene rings is 1. The fourth-order valence-electron chi connectivity index (χ4n) is 4.19. The number of nitrogens with one attached hydrogen (secondary N) is 1. The number of sulfone groups is 1. The lowest BCUT2D eigenvalue weighted by Crippen LogP contribution is -2.34. The topological polar surface area (TPSA) is 132 Å². The molecule has 0 radical (unpaired) electrons. The second-order valence-corrected chi connectivity index (χ2v) is 12.0. The van der Waals surface area contributed by atoms with Crippen LogP contribution in [0.5, 0.6) is 0 Å². The van der Waals surface area contributed by atoms with Crippen LogP contribution in [0.4, 0.5) is 11.5 Å². The SMILES string of the molecule is [C-]#[N+]c1c(-c2cc[n+](O)c(NC(C)=O)c2)sc(-c2ncn(C3CCCCO3)n2)c1S(=O)(=O)c1ccc(Cl)cc1. The maximum Gasteiger partial charge on any atom is 0.321 e. The van der Waals surface area contributed by atoms with Crippen LogP contribution in [0.15, 0.2) is 58.7 Å². The first-order valence-electron chi connectivity index (χ1n) is 11.8. The van der Waals surface area contributed by atoms with Gasteiger partial charge in [0.15, 0.2) is 21.9 Å². The van der Waals surface area contributed by atoms with Crippen molar-refractivity contribution >= 4 is 50.2 Å². The maximum absolute atomic E-state index is 14.0. The van der Waals surface area contributed by atoms with E-state index in [9.17, 15) is 18.4 Å². The molecule has 3 aromatic heterocycles. The van der Waals surface area contributed by atoms with Gasteiger partial charge in [0, 0.05) is 29.5 Å². The average molecular weight is 586 g/mol. The number of hydrogen-bond donors (Lipinski definition) is 2. The van der Waals surface area contributed by atoms with Gasteiger partial charge in [-0.3, -0.25) is 0 Å². The second-order valence-electron chi connectivity index (χ2n) is 8.70. The summed E-state index contributed by atoms with van der Waals surface area (Å²) in [7, 11) is -4.22. The number of carbonyl (C=O) groups is 1. The number of halogens is 1. The summed E-state index contributed by atoms with van der Waals surface area (Å²) in [5.41, 5.74) is 0.286. The Kier molecular flexibility index (Phi) is 7.37. The van der Waals surface area contributed by atoms with Crippen LogP contribution in [0.3, 0.4) is 0 Å². The molecular weight excluding hydrogens is 564 g/mol. The molecule has 200 valence electrons. The van der Waals surface area contributed by atoms with Crippen LogP contribution in [0.25, 0.3) is 26.0 Å². The molecule has 0 saturated carbocycles. The van der Waals surface area contributed by atoms with Crippen molar-refractivity contribution in [2.45, 2.75) is 42.2 Å². The predicted octanol–water partition coefficient (Wildman–Crippen LogP) is 4.89. The van der Waals surface area contributed by atoms with Crippen LogP contribution in [-0.2, 0) is 19.4 Å². The normalized spacial score (nSPS) is 15.6. The van der Waals surface area contributed by atoms with Gasteiger partial charge in [-0.15, -0.1) is 16.4 Å². The number of hydrogen-bond acceptors (Lipinski definition) is 8. The molecule has 0 bridgehead atoms. The van der Waals surface area contributed by atoms with Crippen molar-refractivity contribution in [3.8, 4) is 21.1 Å². The minimum atomic E-state index is -4.22. The van der Waals surface area contributed by atoms with Crippen molar-refractivity contribution in [1.82, 2.24) is 14.8 Å². The molecule has 14 heteroatoms. The smallest absolute Gasteiger partial charge is 0.321 e. The molecule has 4 heterocycles. The van der Waals surface area contributed by atoms with E-state index in [4.69, 9.17) is 22.9 Å². The summed E-state index contributed by atoms with van der Waals surface area (Å²) in [5, 5.41) is 17.5. The highest BCUT2D eigenvalue weighted by molar-refractivity contribution is 7.92. The van der Waals surface area contributed by atoms with Crippen molar-refractivity contribution in [2.75, 3.05) is 11.9 Å². The van der Waals surface area contributed by atoms with Gasteiger partial charge < -0.3 is 9.94 Å². The van der Waals surface area contributed by atoms with Gasteiger partial charge in [-0.1, -0.05) is 16.3 Å². The van der Waals surface area contributed by atoms with Crippen molar-refractivity contribution in [3.63, 3.8) is 0 Å². The monoisotopic (exact) mass is 585 g/mol. The number of rotatable bonds is 6. The number of aromatic nitrogens is 4. The van der Waals surface area contributed by atoms with E-state index in [0.717, 1.165) is 35.3 Å². The molecule has 1 unspecified atom stereocenters.